The Morgan fingerprint density at radius 3 is 2.37 bits per heavy atom. The van der Waals surface area contributed by atoms with E-state index < -0.39 is 8.07 Å². The lowest BCUT2D eigenvalue weighted by atomic mass is 10.3. The largest absolute Gasteiger partial charge is 0.238 e. The monoisotopic (exact) mass is 283 g/mol. The molecule has 0 fully saturated rings. The van der Waals surface area contributed by atoms with Crippen LogP contribution in [-0.2, 0) is 0 Å². The Bertz CT molecular complexity index is 610. The van der Waals surface area contributed by atoms with Gasteiger partial charge in [0.1, 0.15) is 13.8 Å². The Morgan fingerprint density at radius 1 is 1.05 bits per heavy atom. The van der Waals surface area contributed by atoms with Crippen molar-refractivity contribution < 1.29 is 0 Å². The number of rotatable bonds is 2. The van der Waals surface area contributed by atoms with Gasteiger partial charge < -0.3 is 0 Å². The molecule has 0 saturated carbocycles. The Labute approximate surface area is 120 Å². The molecular weight excluding hydrogens is 266 g/mol. The first-order valence-electron chi connectivity index (χ1n) is 6.25. The number of hydrogen-bond donors (Lipinski definition) is 0. The molecule has 0 aliphatic rings. The van der Waals surface area contributed by atoms with Crippen LogP contribution in [0.5, 0.6) is 0 Å². The lowest BCUT2D eigenvalue weighted by molar-refractivity contribution is 1.52. The summed E-state index contributed by atoms with van der Waals surface area (Å²) in [5.41, 5.74) is 5.23. The quantitative estimate of drug-likeness (QED) is 0.428. The zero-order chi connectivity index (χ0) is 13.7. The fourth-order valence-electron chi connectivity index (χ4n) is 1.44. The van der Waals surface area contributed by atoms with E-state index in [4.69, 9.17) is 0 Å². The molecule has 2 rings (SSSR count). The molecule has 0 spiro atoms. The van der Waals surface area contributed by atoms with Gasteiger partial charge in [0.25, 0.3) is 0 Å². The van der Waals surface area contributed by atoms with Gasteiger partial charge in [-0.15, -0.1) is 16.9 Å². The molecule has 1 nitrogen and oxygen atoms in total. The minimum absolute atomic E-state index is 0.878. The molecular formula is C16H17NSSi. The van der Waals surface area contributed by atoms with E-state index in [0.29, 0.717) is 0 Å². The standard InChI is InChI=1S/C16H17NSSi/c1-19(2,3)13-11-15(16-10-7-12-18-16)17-14-8-5-4-6-9-14/h4-10,12H,1-3H3. The molecule has 0 bridgehead atoms. The summed E-state index contributed by atoms with van der Waals surface area (Å²) in [6.07, 6.45) is 0. The van der Waals surface area contributed by atoms with Gasteiger partial charge in [-0.3, -0.25) is 0 Å². The normalized spacial score (nSPS) is 11.8. The molecule has 0 saturated heterocycles. The van der Waals surface area contributed by atoms with Crippen molar-refractivity contribution in [3.05, 3.63) is 52.7 Å². The molecule has 0 amide bonds. The van der Waals surface area contributed by atoms with Crippen LogP contribution < -0.4 is 0 Å². The first kappa shape index (κ1) is 13.8. The van der Waals surface area contributed by atoms with Gasteiger partial charge in [-0.25, -0.2) is 4.99 Å². The summed E-state index contributed by atoms with van der Waals surface area (Å²) < 4.78 is 0. The maximum Gasteiger partial charge on any atom is 0.130 e. The second kappa shape index (κ2) is 6.01. The van der Waals surface area contributed by atoms with Crippen LogP contribution in [0.25, 0.3) is 0 Å². The van der Waals surface area contributed by atoms with Gasteiger partial charge in [-0.1, -0.05) is 49.8 Å². The van der Waals surface area contributed by atoms with Crippen LogP contribution in [0.2, 0.25) is 19.6 Å². The van der Waals surface area contributed by atoms with E-state index in [1.165, 1.54) is 0 Å². The zero-order valence-electron chi connectivity index (χ0n) is 11.5. The van der Waals surface area contributed by atoms with Crippen molar-refractivity contribution in [1.82, 2.24) is 0 Å². The van der Waals surface area contributed by atoms with Crippen molar-refractivity contribution >= 4 is 30.8 Å². The third kappa shape index (κ3) is 4.51. The fourth-order valence-corrected chi connectivity index (χ4v) is 2.60. The highest BCUT2D eigenvalue weighted by molar-refractivity contribution is 7.12. The molecule has 1 aromatic heterocycles. The summed E-state index contributed by atoms with van der Waals surface area (Å²) in [4.78, 5) is 5.81. The molecule has 0 aliphatic carbocycles. The summed E-state index contributed by atoms with van der Waals surface area (Å²) >= 11 is 1.68. The van der Waals surface area contributed by atoms with Crippen molar-refractivity contribution in [3.63, 3.8) is 0 Å². The molecule has 0 radical (unpaired) electrons. The van der Waals surface area contributed by atoms with Crippen LogP contribution in [0.4, 0.5) is 5.69 Å². The van der Waals surface area contributed by atoms with Crippen molar-refractivity contribution in [1.29, 1.82) is 0 Å². The number of thiophene rings is 1. The molecule has 19 heavy (non-hydrogen) atoms. The third-order valence-corrected chi connectivity index (χ3v) is 4.06. The van der Waals surface area contributed by atoms with E-state index in [0.717, 1.165) is 16.3 Å². The van der Waals surface area contributed by atoms with Gasteiger partial charge in [-0.05, 0) is 23.6 Å². The molecule has 0 N–H and O–H groups in total. The number of benzene rings is 1. The second-order valence-electron chi connectivity index (χ2n) is 5.27. The summed E-state index contributed by atoms with van der Waals surface area (Å²) in [5.74, 6) is 3.28. The molecule has 0 atom stereocenters. The summed E-state index contributed by atoms with van der Waals surface area (Å²) in [6.45, 7) is 6.73. The SMILES string of the molecule is C[Si](C)(C)C#CC(=Nc1ccccc1)c1cccs1. The Hall–Kier alpha value is -1.63. The van der Waals surface area contributed by atoms with E-state index in [2.05, 4.69) is 47.5 Å². The van der Waals surface area contributed by atoms with Crippen LogP contribution in [0.1, 0.15) is 4.88 Å². The van der Waals surface area contributed by atoms with Gasteiger partial charge in [-0.2, -0.15) is 0 Å². The van der Waals surface area contributed by atoms with Crippen LogP contribution in [0.15, 0.2) is 52.8 Å². The maximum absolute atomic E-state index is 4.68. The van der Waals surface area contributed by atoms with Crippen molar-refractivity contribution in [3.8, 4) is 11.5 Å². The molecule has 1 aromatic carbocycles. The van der Waals surface area contributed by atoms with Gasteiger partial charge in [0.05, 0.1) is 10.6 Å². The van der Waals surface area contributed by atoms with Crippen LogP contribution in [0.3, 0.4) is 0 Å². The highest BCUT2D eigenvalue weighted by Crippen LogP contribution is 2.16. The number of para-hydroxylation sites is 1. The molecule has 3 heteroatoms. The molecule has 1 heterocycles. The zero-order valence-corrected chi connectivity index (χ0v) is 13.3. The maximum atomic E-state index is 4.68. The van der Waals surface area contributed by atoms with Gasteiger partial charge in [0.2, 0.25) is 0 Å². The average molecular weight is 283 g/mol. The van der Waals surface area contributed by atoms with Crippen LogP contribution in [0, 0.1) is 11.5 Å². The molecule has 0 unspecified atom stereocenters. The summed E-state index contributed by atoms with van der Waals surface area (Å²) in [6, 6.07) is 14.1. The predicted octanol–water partition coefficient (Wildman–Crippen LogP) is 4.75. The van der Waals surface area contributed by atoms with E-state index >= 15 is 0 Å². The summed E-state index contributed by atoms with van der Waals surface area (Å²) in [5, 5.41) is 2.06. The number of nitrogens with zero attached hydrogens (tertiary/aromatic N) is 1. The minimum atomic E-state index is -1.39. The summed E-state index contributed by atoms with van der Waals surface area (Å²) in [7, 11) is -1.39. The highest BCUT2D eigenvalue weighted by Gasteiger charge is 2.09. The molecule has 96 valence electrons. The lowest BCUT2D eigenvalue weighted by Crippen LogP contribution is -2.17. The fraction of sp³-hybridized carbons (Fsp3) is 0.188. The topological polar surface area (TPSA) is 12.4 Å². The van der Waals surface area contributed by atoms with E-state index in [1.807, 2.05) is 36.4 Å². The van der Waals surface area contributed by atoms with Gasteiger partial charge in [0, 0.05) is 0 Å². The molecule has 0 aliphatic heterocycles. The number of aliphatic imine (C=N–C) groups is 1. The predicted molar refractivity (Wildman–Crippen MR) is 88.1 cm³/mol. The number of hydrogen-bond acceptors (Lipinski definition) is 2. The van der Waals surface area contributed by atoms with Crippen molar-refractivity contribution in [2.24, 2.45) is 4.99 Å². The lowest BCUT2D eigenvalue weighted by Gasteiger charge is -2.04. The minimum Gasteiger partial charge on any atom is -0.238 e. The first-order valence-corrected chi connectivity index (χ1v) is 10.6. The van der Waals surface area contributed by atoms with Crippen LogP contribution >= 0.6 is 11.3 Å². The Balaban J connectivity index is 2.41. The Morgan fingerprint density at radius 2 is 1.79 bits per heavy atom. The molecule has 2 aromatic rings. The smallest absolute Gasteiger partial charge is 0.130 e. The first-order chi connectivity index (χ1) is 9.04. The van der Waals surface area contributed by atoms with Crippen molar-refractivity contribution in [2.45, 2.75) is 19.6 Å². The third-order valence-electron chi connectivity index (χ3n) is 2.31. The van der Waals surface area contributed by atoms with Crippen molar-refractivity contribution in [2.75, 3.05) is 0 Å². The van der Waals surface area contributed by atoms with Gasteiger partial charge >= 0.3 is 0 Å². The van der Waals surface area contributed by atoms with E-state index in [9.17, 15) is 0 Å². The van der Waals surface area contributed by atoms with Gasteiger partial charge in [0.15, 0.2) is 0 Å². The second-order valence-corrected chi connectivity index (χ2v) is 11.0. The average Bonchev–Trinajstić information content (AvgIpc) is 2.88. The highest BCUT2D eigenvalue weighted by atomic mass is 32.1. The van der Waals surface area contributed by atoms with E-state index in [1.54, 1.807) is 11.3 Å². The van der Waals surface area contributed by atoms with E-state index in [-0.39, 0.29) is 0 Å². The van der Waals surface area contributed by atoms with Crippen LogP contribution in [-0.4, -0.2) is 13.8 Å². The Kier molecular flexibility index (Phi) is 4.36.